The Morgan fingerprint density at radius 3 is 2.42 bits per heavy atom. The number of ether oxygens (including phenoxy) is 1. The van der Waals surface area contributed by atoms with Gasteiger partial charge in [0.2, 0.25) is 0 Å². The van der Waals surface area contributed by atoms with Crippen molar-refractivity contribution in [3.63, 3.8) is 0 Å². The van der Waals surface area contributed by atoms with Gasteiger partial charge in [-0.3, -0.25) is 4.90 Å². The number of nitrogens with zero attached hydrogens (tertiary/aromatic N) is 2. The molecule has 1 saturated heterocycles. The van der Waals surface area contributed by atoms with E-state index in [1.807, 2.05) is 0 Å². The topological polar surface area (TPSA) is 32.8 Å². The van der Waals surface area contributed by atoms with E-state index in [4.69, 9.17) is 4.74 Å². The standard InChI is InChI=1S/C19H26F3N2O2/c1-2-3-4-7-10-23-11-13-24(14-12-23)18(25)26-15-16-8-5-6-9-17(16)19(20,21)22/h5-6,8-9H,1-4,7,10-15H2. The van der Waals surface area contributed by atoms with Crippen LogP contribution < -0.4 is 0 Å². The van der Waals surface area contributed by atoms with Gasteiger partial charge in [0.25, 0.3) is 0 Å². The third kappa shape index (κ3) is 6.20. The predicted octanol–water partition coefficient (Wildman–Crippen LogP) is 4.35. The van der Waals surface area contributed by atoms with E-state index in [2.05, 4.69) is 11.8 Å². The molecule has 145 valence electrons. The molecule has 1 fully saturated rings. The molecular weight excluding hydrogens is 345 g/mol. The van der Waals surface area contributed by atoms with Gasteiger partial charge in [-0.15, -0.1) is 0 Å². The molecule has 1 radical (unpaired) electrons. The van der Waals surface area contributed by atoms with Crippen LogP contribution in [0, 0.1) is 6.92 Å². The fourth-order valence-electron chi connectivity index (χ4n) is 3.00. The molecule has 0 atom stereocenters. The molecule has 2 rings (SSSR count). The number of benzene rings is 1. The quantitative estimate of drug-likeness (QED) is 0.668. The highest BCUT2D eigenvalue weighted by Crippen LogP contribution is 2.32. The van der Waals surface area contributed by atoms with E-state index in [1.165, 1.54) is 18.2 Å². The van der Waals surface area contributed by atoms with Gasteiger partial charge in [-0.25, -0.2) is 4.79 Å². The van der Waals surface area contributed by atoms with Crippen molar-refractivity contribution in [2.45, 2.75) is 38.5 Å². The van der Waals surface area contributed by atoms with Crippen LogP contribution in [-0.2, 0) is 17.5 Å². The zero-order chi connectivity index (χ0) is 19.0. The summed E-state index contributed by atoms with van der Waals surface area (Å²) >= 11 is 0. The van der Waals surface area contributed by atoms with Gasteiger partial charge in [-0.2, -0.15) is 13.2 Å². The van der Waals surface area contributed by atoms with Crippen molar-refractivity contribution in [3.8, 4) is 0 Å². The summed E-state index contributed by atoms with van der Waals surface area (Å²) in [6.07, 6.45) is -0.650. The zero-order valence-corrected chi connectivity index (χ0v) is 14.9. The van der Waals surface area contributed by atoms with Crippen LogP contribution in [0.25, 0.3) is 0 Å². The predicted molar refractivity (Wildman–Crippen MR) is 93.5 cm³/mol. The minimum atomic E-state index is -4.46. The lowest BCUT2D eigenvalue weighted by Gasteiger charge is -2.34. The molecule has 0 unspecified atom stereocenters. The van der Waals surface area contributed by atoms with Gasteiger partial charge in [-0.05, 0) is 19.0 Å². The summed E-state index contributed by atoms with van der Waals surface area (Å²) in [7, 11) is 0. The first-order valence-electron chi connectivity index (χ1n) is 9.00. The van der Waals surface area contributed by atoms with Gasteiger partial charge >= 0.3 is 12.3 Å². The smallest absolute Gasteiger partial charge is 0.416 e. The van der Waals surface area contributed by atoms with E-state index >= 15 is 0 Å². The van der Waals surface area contributed by atoms with Crippen LogP contribution in [0.15, 0.2) is 24.3 Å². The number of rotatable bonds is 7. The molecule has 1 heterocycles. The van der Waals surface area contributed by atoms with Crippen LogP contribution in [0.2, 0.25) is 0 Å². The minimum absolute atomic E-state index is 0.0302. The van der Waals surface area contributed by atoms with E-state index in [-0.39, 0.29) is 12.2 Å². The van der Waals surface area contributed by atoms with Gasteiger partial charge in [0, 0.05) is 31.7 Å². The first-order valence-corrected chi connectivity index (χ1v) is 9.00. The molecule has 1 aliphatic rings. The normalized spacial score (nSPS) is 15.9. The monoisotopic (exact) mass is 371 g/mol. The highest BCUT2D eigenvalue weighted by molar-refractivity contribution is 5.67. The van der Waals surface area contributed by atoms with Crippen LogP contribution in [0.1, 0.15) is 36.8 Å². The van der Waals surface area contributed by atoms with Crippen molar-refractivity contribution in [1.29, 1.82) is 0 Å². The second-order valence-corrected chi connectivity index (χ2v) is 6.45. The summed E-state index contributed by atoms with van der Waals surface area (Å²) in [5.41, 5.74) is -0.794. The fraction of sp³-hybridized carbons (Fsp3) is 0.579. The maximum absolute atomic E-state index is 13.0. The Hall–Kier alpha value is -1.76. The summed E-state index contributed by atoms with van der Waals surface area (Å²) < 4.78 is 44.0. The lowest BCUT2D eigenvalue weighted by Crippen LogP contribution is -2.49. The first-order chi connectivity index (χ1) is 12.4. The van der Waals surface area contributed by atoms with Crippen molar-refractivity contribution in [3.05, 3.63) is 42.3 Å². The summed E-state index contributed by atoms with van der Waals surface area (Å²) in [5.74, 6) is 0. The van der Waals surface area contributed by atoms with Crippen LogP contribution in [0.4, 0.5) is 18.0 Å². The third-order valence-corrected chi connectivity index (χ3v) is 4.53. The van der Waals surface area contributed by atoms with Crippen molar-refractivity contribution >= 4 is 6.09 Å². The van der Waals surface area contributed by atoms with Gasteiger partial charge in [0.1, 0.15) is 6.61 Å². The maximum Gasteiger partial charge on any atom is 0.416 e. The lowest BCUT2D eigenvalue weighted by molar-refractivity contribution is -0.138. The van der Waals surface area contributed by atoms with Gasteiger partial charge in [-0.1, -0.05) is 44.4 Å². The summed E-state index contributed by atoms with van der Waals surface area (Å²) in [6, 6.07) is 5.16. The molecule has 26 heavy (non-hydrogen) atoms. The van der Waals surface area contributed by atoms with Gasteiger partial charge in [0.15, 0.2) is 0 Å². The second kappa shape index (κ2) is 9.80. The van der Waals surface area contributed by atoms with Crippen LogP contribution >= 0.6 is 0 Å². The van der Waals surface area contributed by atoms with E-state index in [0.717, 1.165) is 51.4 Å². The highest BCUT2D eigenvalue weighted by atomic mass is 19.4. The number of carbonyl (C=O) groups is 1. The first kappa shape index (κ1) is 20.6. The number of carbonyl (C=O) groups excluding carboxylic acids is 1. The molecule has 7 heteroatoms. The molecule has 4 nitrogen and oxygen atoms in total. The molecule has 0 aromatic heterocycles. The van der Waals surface area contributed by atoms with Crippen LogP contribution in [-0.4, -0.2) is 48.6 Å². The summed E-state index contributed by atoms with van der Waals surface area (Å²) in [6.45, 7) is 7.05. The molecule has 1 aliphatic heterocycles. The average molecular weight is 371 g/mol. The highest BCUT2D eigenvalue weighted by Gasteiger charge is 2.33. The van der Waals surface area contributed by atoms with Crippen molar-refractivity contribution < 1.29 is 22.7 Å². The number of piperazine rings is 1. The van der Waals surface area contributed by atoms with Gasteiger partial charge < -0.3 is 9.64 Å². The van der Waals surface area contributed by atoms with Crippen molar-refractivity contribution in [1.82, 2.24) is 9.80 Å². The second-order valence-electron chi connectivity index (χ2n) is 6.45. The maximum atomic E-state index is 13.0. The van der Waals surface area contributed by atoms with E-state index in [9.17, 15) is 18.0 Å². The van der Waals surface area contributed by atoms with Crippen molar-refractivity contribution in [2.75, 3.05) is 32.7 Å². The van der Waals surface area contributed by atoms with Crippen LogP contribution in [0.5, 0.6) is 0 Å². The number of halogens is 3. The molecule has 0 bridgehead atoms. The van der Waals surface area contributed by atoms with E-state index < -0.39 is 17.8 Å². The number of alkyl halides is 3. The minimum Gasteiger partial charge on any atom is -0.445 e. The van der Waals surface area contributed by atoms with Gasteiger partial charge in [0.05, 0.1) is 5.56 Å². The fourth-order valence-corrected chi connectivity index (χ4v) is 3.00. The van der Waals surface area contributed by atoms with E-state index in [0.29, 0.717) is 13.1 Å². The summed E-state index contributed by atoms with van der Waals surface area (Å²) in [5, 5.41) is 0. The van der Waals surface area contributed by atoms with Crippen molar-refractivity contribution in [2.24, 2.45) is 0 Å². The molecule has 0 saturated carbocycles. The Bertz CT molecular complexity index is 570. The Balaban J connectivity index is 1.76. The molecule has 1 aromatic carbocycles. The van der Waals surface area contributed by atoms with Crippen LogP contribution in [0.3, 0.4) is 0 Å². The SMILES string of the molecule is [CH2]CCCCCN1CCN(C(=O)OCc2ccccc2C(F)(F)F)CC1. The number of hydrogen-bond donors (Lipinski definition) is 0. The molecule has 0 aliphatic carbocycles. The molecule has 0 N–H and O–H groups in total. The molecule has 1 aromatic rings. The molecule has 0 spiro atoms. The molecular formula is C19H26F3N2O2. The van der Waals surface area contributed by atoms with E-state index in [1.54, 1.807) is 4.90 Å². The largest absolute Gasteiger partial charge is 0.445 e. The zero-order valence-electron chi connectivity index (χ0n) is 14.9. The number of hydrogen-bond acceptors (Lipinski definition) is 3. The third-order valence-electron chi connectivity index (χ3n) is 4.53. The Kier molecular flexibility index (Phi) is 7.75. The Labute approximate surface area is 152 Å². The molecule has 1 amide bonds. The number of unbranched alkanes of at least 4 members (excludes halogenated alkanes) is 3. The number of amides is 1. The average Bonchev–Trinajstić information content (AvgIpc) is 2.63. The summed E-state index contributed by atoms with van der Waals surface area (Å²) in [4.78, 5) is 16.0. The Morgan fingerprint density at radius 1 is 1.08 bits per heavy atom. The lowest BCUT2D eigenvalue weighted by atomic mass is 10.1. The Morgan fingerprint density at radius 2 is 1.77 bits per heavy atom.